The lowest BCUT2D eigenvalue weighted by atomic mass is 9.95. The largest absolute Gasteiger partial charge is 0.493 e. The van der Waals surface area contributed by atoms with Crippen molar-refractivity contribution in [2.45, 2.75) is 26.2 Å². The van der Waals surface area contributed by atoms with Crippen LogP contribution >= 0.6 is 0 Å². The molecule has 3 N–H and O–H groups in total. The van der Waals surface area contributed by atoms with E-state index in [9.17, 15) is 9.18 Å². The van der Waals surface area contributed by atoms with Crippen LogP contribution < -0.4 is 20.5 Å². The van der Waals surface area contributed by atoms with Crippen molar-refractivity contribution in [1.82, 2.24) is 0 Å². The van der Waals surface area contributed by atoms with Crippen molar-refractivity contribution < 1.29 is 18.7 Å². The molecule has 1 saturated carbocycles. The normalized spacial score (nSPS) is 19.0. The highest BCUT2D eigenvalue weighted by molar-refractivity contribution is 5.94. The smallest absolute Gasteiger partial charge is 0.227 e. The van der Waals surface area contributed by atoms with Crippen LogP contribution in [0.3, 0.4) is 0 Å². The first-order valence-electron chi connectivity index (χ1n) is 9.14. The number of nitrogens with one attached hydrogen (secondary N) is 1. The van der Waals surface area contributed by atoms with E-state index in [0.29, 0.717) is 29.5 Å². The van der Waals surface area contributed by atoms with Gasteiger partial charge in [0.15, 0.2) is 17.2 Å². The molecule has 0 aliphatic heterocycles. The molecule has 3 rings (SSSR count). The average molecular weight is 372 g/mol. The van der Waals surface area contributed by atoms with Gasteiger partial charge in [-0.1, -0.05) is 12.5 Å². The standard InChI is InChI=1S/C21H25FN2O3/c1-13-6-8-19(20(10-13)26-2)27-18-9-7-15(22)11-17(18)24-21(25)16-5-3-4-14(16)12-23/h6-11,14,16H,3-5,12,23H2,1-2H3,(H,24,25)/t14-,16-/m1/s1. The van der Waals surface area contributed by atoms with Crippen LogP contribution in [-0.2, 0) is 4.79 Å². The van der Waals surface area contributed by atoms with Crippen LogP contribution in [0.2, 0.25) is 0 Å². The van der Waals surface area contributed by atoms with Crippen molar-refractivity contribution in [1.29, 1.82) is 0 Å². The highest BCUT2D eigenvalue weighted by Gasteiger charge is 2.32. The molecule has 1 fully saturated rings. The van der Waals surface area contributed by atoms with Crippen molar-refractivity contribution in [3.63, 3.8) is 0 Å². The van der Waals surface area contributed by atoms with Gasteiger partial charge in [0.1, 0.15) is 5.82 Å². The van der Waals surface area contributed by atoms with Gasteiger partial charge in [-0.2, -0.15) is 0 Å². The predicted molar refractivity (Wildman–Crippen MR) is 103 cm³/mol. The molecule has 0 radical (unpaired) electrons. The Balaban J connectivity index is 1.84. The lowest BCUT2D eigenvalue weighted by Crippen LogP contribution is -2.29. The first-order valence-corrected chi connectivity index (χ1v) is 9.14. The molecule has 2 atom stereocenters. The number of nitrogens with two attached hydrogens (primary N) is 1. The molecule has 0 heterocycles. The summed E-state index contributed by atoms with van der Waals surface area (Å²) in [6.07, 6.45) is 2.72. The van der Waals surface area contributed by atoms with Crippen LogP contribution in [0.15, 0.2) is 36.4 Å². The number of hydrogen-bond donors (Lipinski definition) is 2. The number of aryl methyl sites for hydroxylation is 1. The second-order valence-corrected chi connectivity index (χ2v) is 6.92. The zero-order valence-corrected chi connectivity index (χ0v) is 15.6. The molecule has 0 bridgehead atoms. The maximum Gasteiger partial charge on any atom is 0.227 e. The van der Waals surface area contributed by atoms with Crippen LogP contribution in [0.1, 0.15) is 24.8 Å². The van der Waals surface area contributed by atoms with Crippen LogP contribution in [0.5, 0.6) is 17.2 Å². The lowest BCUT2D eigenvalue weighted by molar-refractivity contribution is -0.120. The number of amides is 1. The third-order valence-corrected chi connectivity index (χ3v) is 5.04. The van der Waals surface area contributed by atoms with E-state index >= 15 is 0 Å². The zero-order valence-electron chi connectivity index (χ0n) is 15.6. The molecule has 6 heteroatoms. The van der Waals surface area contributed by atoms with Crippen LogP contribution in [0, 0.1) is 24.6 Å². The molecule has 5 nitrogen and oxygen atoms in total. The van der Waals surface area contributed by atoms with E-state index in [1.165, 1.54) is 18.2 Å². The molecule has 144 valence electrons. The summed E-state index contributed by atoms with van der Waals surface area (Å²) < 4.78 is 25.1. The van der Waals surface area contributed by atoms with Gasteiger partial charge >= 0.3 is 0 Å². The molecule has 27 heavy (non-hydrogen) atoms. The molecule has 0 unspecified atom stereocenters. The van der Waals surface area contributed by atoms with E-state index in [-0.39, 0.29) is 17.7 Å². The summed E-state index contributed by atoms with van der Waals surface area (Å²) >= 11 is 0. The van der Waals surface area contributed by atoms with Gasteiger partial charge in [-0.25, -0.2) is 4.39 Å². The minimum Gasteiger partial charge on any atom is -0.493 e. The lowest BCUT2D eigenvalue weighted by Gasteiger charge is -2.19. The molecule has 0 saturated heterocycles. The Bertz CT molecular complexity index is 825. The molecule has 0 spiro atoms. The van der Waals surface area contributed by atoms with E-state index in [0.717, 1.165) is 24.8 Å². The van der Waals surface area contributed by atoms with Gasteiger partial charge in [0.05, 0.1) is 12.8 Å². The Morgan fingerprint density at radius 2 is 1.96 bits per heavy atom. The van der Waals surface area contributed by atoms with Gasteiger partial charge in [0.25, 0.3) is 0 Å². The fourth-order valence-electron chi connectivity index (χ4n) is 3.56. The quantitative estimate of drug-likeness (QED) is 0.795. The fourth-order valence-corrected chi connectivity index (χ4v) is 3.56. The van der Waals surface area contributed by atoms with E-state index in [1.807, 2.05) is 19.1 Å². The van der Waals surface area contributed by atoms with Gasteiger partial charge in [0, 0.05) is 12.0 Å². The predicted octanol–water partition coefficient (Wildman–Crippen LogP) is 4.25. The molecule has 2 aromatic rings. The van der Waals surface area contributed by atoms with E-state index in [1.54, 1.807) is 13.2 Å². The Morgan fingerprint density at radius 3 is 2.70 bits per heavy atom. The molecule has 0 aromatic heterocycles. The highest BCUT2D eigenvalue weighted by Crippen LogP contribution is 2.37. The number of benzene rings is 2. The van der Waals surface area contributed by atoms with Crippen LogP contribution in [-0.4, -0.2) is 19.6 Å². The minimum atomic E-state index is -0.449. The topological polar surface area (TPSA) is 73.6 Å². The number of halogens is 1. The number of anilines is 1. The maximum absolute atomic E-state index is 13.8. The number of carbonyl (C=O) groups is 1. The maximum atomic E-state index is 13.8. The summed E-state index contributed by atoms with van der Waals surface area (Å²) in [5, 5.41) is 2.83. The second-order valence-electron chi connectivity index (χ2n) is 6.92. The summed E-state index contributed by atoms with van der Waals surface area (Å²) in [6, 6.07) is 9.58. The highest BCUT2D eigenvalue weighted by atomic mass is 19.1. The van der Waals surface area contributed by atoms with Crippen molar-refractivity contribution in [2.24, 2.45) is 17.6 Å². The SMILES string of the molecule is COc1cc(C)ccc1Oc1ccc(F)cc1NC(=O)[C@@H]1CCC[C@@H]1CN. The summed E-state index contributed by atoms with van der Waals surface area (Å²) in [7, 11) is 1.56. The van der Waals surface area contributed by atoms with Crippen molar-refractivity contribution in [3.05, 3.63) is 47.8 Å². The number of rotatable bonds is 6. The van der Waals surface area contributed by atoms with Gasteiger partial charge in [0.2, 0.25) is 5.91 Å². The molecule has 2 aromatic carbocycles. The Morgan fingerprint density at radius 1 is 1.19 bits per heavy atom. The van der Waals surface area contributed by atoms with Gasteiger partial charge < -0.3 is 20.5 Å². The summed E-state index contributed by atoms with van der Waals surface area (Å²) in [5.41, 5.74) is 7.10. The van der Waals surface area contributed by atoms with Crippen molar-refractivity contribution in [3.8, 4) is 17.2 Å². The zero-order chi connectivity index (χ0) is 19.4. The van der Waals surface area contributed by atoms with E-state index < -0.39 is 5.82 Å². The summed E-state index contributed by atoms with van der Waals surface area (Å²) in [4.78, 5) is 12.7. The van der Waals surface area contributed by atoms with Crippen LogP contribution in [0.4, 0.5) is 10.1 Å². The van der Waals surface area contributed by atoms with Crippen molar-refractivity contribution in [2.75, 3.05) is 19.0 Å². The number of carbonyl (C=O) groups excluding carboxylic acids is 1. The summed E-state index contributed by atoms with van der Waals surface area (Å²) in [5.74, 6) is 0.834. The number of hydrogen-bond acceptors (Lipinski definition) is 4. The fraction of sp³-hybridized carbons (Fsp3) is 0.381. The molecule has 1 amide bonds. The van der Waals surface area contributed by atoms with Gasteiger partial charge in [-0.15, -0.1) is 0 Å². The Labute approximate surface area is 158 Å². The monoisotopic (exact) mass is 372 g/mol. The number of ether oxygens (including phenoxy) is 2. The Hall–Kier alpha value is -2.60. The van der Waals surface area contributed by atoms with Crippen LogP contribution in [0.25, 0.3) is 0 Å². The van der Waals surface area contributed by atoms with Gasteiger partial charge in [-0.3, -0.25) is 4.79 Å². The minimum absolute atomic E-state index is 0.144. The first kappa shape index (κ1) is 19.2. The summed E-state index contributed by atoms with van der Waals surface area (Å²) in [6.45, 7) is 2.43. The molecular formula is C21H25FN2O3. The molecular weight excluding hydrogens is 347 g/mol. The molecule has 1 aliphatic carbocycles. The van der Waals surface area contributed by atoms with E-state index in [4.69, 9.17) is 15.2 Å². The third-order valence-electron chi connectivity index (χ3n) is 5.04. The van der Waals surface area contributed by atoms with E-state index in [2.05, 4.69) is 5.32 Å². The van der Waals surface area contributed by atoms with Gasteiger partial charge in [-0.05, 0) is 62.1 Å². The second kappa shape index (κ2) is 8.39. The number of methoxy groups -OCH3 is 1. The van der Waals surface area contributed by atoms with Crippen molar-refractivity contribution >= 4 is 11.6 Å². The Kier molecular flexibility index (Phi) is 5.96. The first-order chi connectivity index (χ1) is 13.0. The third kappa shape index (κ3) is 4.39. The average Bonchev–Trinajstić information content (AvgIpc) is 3.14. The molecule has 1 aliphatic rings.